The van der Waals surface area contributed by atoms with Gasteiger partial charge in [0, 0.05) is 25.8 Å². The molecule has 2 amide bonds. The van der Waals surface area contributed by atoms with Gasteiger partial charge in [0.05, 0.1) is 32.5 Å². The van der Waals surface area contributed by atoms with Crippen LogP contribution in [0.5, 0.6) is 0 Å². The predicted octanol–water partition coefficient (Wildman–Crippen LogP) is 27.4. The number of rotatable bonds is 84. The van der Waals surface area contributed by atoms with Gasteiger partial charge in [-0.1, -0.05) is 409 Å². The Morgan fingerprint density at radius 3 is 0.930 bits per heavy atom. The molecule has 0 spiro atoms. The number of carbonyl (C=O) groups is 6. The number of hydrogen-bond donors (Lipinski definition) is 3. The van der Waals surface area contributed by atoms with Gasteiger partial charge in [-0.15, -0.1) is 0 Å². The Kier molecular flexibility index (Phi) is 73.5. The molecule has 1 aliphatic heterocycles. The Labute approximate surface area is 709 Å². The fourth-order valence-electron chi connectivity index (χ4n) is 15.7. The zero-order valence-electron chi connectivity index (χ0n) is 77.3. The van der Waals surface area contributed by atoms with Gasteiger partial charge in [0.15, 0.2) is 20.7 Å². The topological polar surface area (TPSA) is 211 Å². The molecule has 1 rings (SSSR count). The first-order valence-electron chi connectivity index (χ1n) is 49.7. The van der Waals surface area contributed by atoms with Crippen molar-refractivity contribution in [3.05, 3.63) is 0 Å². The summed E-state index contributed by atoms with van der Waals surface area (Å²) in [4.78, 5) is 85.3. The monoisotopic (exact) mass is 1650 g/mol. The Morgan fingerprint density at radius 1 is 0.365 bits per heavy atom. The molecule has 0 bridgehead atoms. The summed E-state index contributed by atoms with van der Waals surface area (Å²) in [5.74, 6) is -2.44. The van der Waals surface area contributed by atoms with Crippen LogP contribution in [0.4, 0.5) is 0 Å². The largest absolute Gasteiger partial charge is 0.462 e. The Morgan fingerprint density at radius 2 is 0.635 bits per heavy atom. The van der Waals surface area contributed by atoms with E-state index in [9.17, 15) is 29.1 Å². The zero-order valence-corrected chi connectivity index (χ0v) is 78.3. The molecule has 0 aromatic heterocycles. The lowest BCUT2D eigenvalue weighted by Crippen LogP contribution is -2.66. The highest BCUT2D eigenvalue weighted by Gasteiger charge is 2.50. The minimum absolute atomic E-state index is 0.00437. The number of hydrogen-bond acceptors (Lipinski definition) is 14. The highest BCUT2D eigenvalue weighted by molar-refractivity contribution is 6.74. The van der Waals surface area contributed by atoms with Gasteiger partial charge in [-0.25, -0.2) is 0 Å². The van der Waals surface area contributed by atoms with Crippen LogP contribution in [0.25, 0.3) is 0 Å². The minimum Gasteiger partial charge on any atom is -0.462 e. The number of amides is 2. The van der Waals surface area contributed by atoms with E-state index >= 15 is 4.79 Å². The van der Waals surface area contributed by atoms with Gasteiger partial charge in [-0.2, -0.15) is 0 Å². The van der Waals surface area contributed by atoms with Gasteiger partial charge < -0.3 is 48.6 Å². The van der Waals surface area contributed by atoms with E-state index in [1.807, 2.05) is 0 Å². The van der Waals surface area contributed by atoms with E-state index in [1.54, 1.807) is 0 Å². The van der Waals surface area contributed by atoms with Crippen LogP contribution in [0.2, 0.25) is 18.1 Å². The standard InChI is InChI=1S/C98H188N2O14Si/c1-12-18-24-30-36-42-45-51-57-63-69-75-90(103)110-84(72-66-60-54-48-39-33-27-21-15-4)80-88(101)99-78-79-108-97-94(100-89(102)81-85(73-67-61-55-49-40-34-28-22-16-5)111-91(104)76-70-64-58-52-46-43-37-31-25-19-13-2)96(95(107)87(113-97)83-109-115(10,11)98(7,8)9)114-93(106)82-86(74-68-62-56-50-41-35-29-23-17-6)112-92(105)77-71-65-59-53-47-44-38-32-26-20-14-3/h84-87,94-97,107H,12-83H2,1-11H3,(H,99,101)(H,100,102)/t84-,85-,86-,87-,94-,95-,96-,97?/m1/s1. The molecule has 17 heteroatoms. The summed E-state index contributed by atoms with van der Waals surface area (Å²) >= 11 is 0. The molecule has 678 valence electrons. The summed E-state index contributed by atoms with van der Waals surface area (Å²) in [6.45, 7) is 23.9. The molecule has 0 aliphatic carbocycles. The van der Waals surface area contributed by atoms with Gasteiger partial charge in [0.2, 0.25) is 11.8 Å². The third-order valence-electron chi connectivity index (χ3n) is 24.3. The second kappa shape index (κ2) is 77.0. The number of unbranched alkanes of at least 4 members (excludes halogenated alkanes) is 54. The number of ether oxygens (including phenoxy) is 6. The van der Waals surface area contributed by atoms with Gasteiger partial charge in [0.25, 0.3) is 0 Å². The maximum absolute atomic E-state index is 15.1. The number of aliphatic hydroxyl groups excluding tert-OH is 1. The number of nitrogens with one attached hydrogen (secondary N) is 2. The van der Waals surface area contributed by atoms with Crippen molar-refractivity contribution in [2.24, 2.45) is 0 Å². The Hall–Kier alpha value is -3.12. The van der Waals surface area contributed by atoms with Crippen LogP contribution in [0, 0.1) is 0 Å². The van der Waals surface area contributed by atoms with Crippen LogP contribution in [0.3, 0.4) is 0 Å². The fraction of sp³-hybridized carbons (Fsp3) is 0.939. The van der Waals surface area contributed by atoms with Gasteiger partial charge >= 0.3 is 23.9 Å². The van der Waals surface area contributed by atoms with Gasteiger partial charge in [-0.3, -0.25) is 28.8 Å². The molecule has 1 unspecified atom stereocenters. The van der Waals surface area contributed by atoms with Crippen LogP contribution in [0.15, 0.2) is 0 Å². The molecule has 3 N–H and O–H groups in total. The quantitative estimate of drug-likeness (QED) is 0.0224. The molecular formula is C98H188N2O14Si. The summed E-state index contributed by atoms with van der Waals surface area (Å²) in [6, 6.07) is -1.30. The third-order valence-corrected chi connectivity index (χ3v) is 28.8. The average Bonchev–Trinajstić information content (AvgIpc) is 0.787. The lowest BCUT2D eigenvalue weighted by Gasteiger charge is -2.45. The maximum Gasteiger partial charge on any atom is 0.310 e. The van der Waals surface area contributed by atoms with Crippen LogP contribution >= 0.6 is 0 Å². The van der Waals surface area contributed by atoms with Crippen molar-refractivity contribution in [2.45, 2.75) is 572 Å². The molecule has 8 atom stereocenters. The van der Waals surface area contributed by atoms with E-state index in [0.717, 1.165) is 128 Å². The van der Waals surface area contributed by atoms with Gasteiger partial charge in [0.1, 0.15) is 36.6 Å². The molecule has 1 fully saturated rings. The fourth-order valence-corrected chi connectivity index (χ4v) is 16.7. The van der Waals surface area contributed by atoms with Crippen molar-refractivity contribution in [3.63, 3.8) is 0 Å². The summed E-state index contributed by atoms with van der Waals surface area (Å²) in [7, 11) is -2.50. The summed E-state index contributed by atoms with van der Waals surface area (Å²) < 4.78 is 45.3. The van der Waals surface area contributed by atoms with E-state index in [0.29, 0.717) is 38.5 Å². The van der Waals surface area contributed by atoms with E-state index in [4.69, 9.17) is 32.8 Å². The van der Waals surface area contributed by atoms with Crippen LogP contribution in [0.1, 0.15) is 505 Å². The van der Waals surface area contributed by atoms with Crippen molar-refractivity contribution < 1.29 is 66.7 Å². The summed E-state index contributed by atoms with van der Waals surface area (Å²) in [6.07, 6.45) is 63.1. The summed E-state index contributed by atoms with van der Waals surface area (Å²) in [5.41, 5.74) is 0. The molecule has 1 heterocycles. The SMILES string of the molecule is CCCCCCCCCCCCCC(=O)O[C@H](CCCCCCCCCCC)CC(=O)NCCOC1O[C@H](CO[Si](C)(C)C(C)(C)C)[C@@H](O)[C@H](OC(=O)C[C@@H](CCCCCCCCCCC)OC(=O)CCCCCCCCCCCCC)[C@H]1NC(=O)C[C@@H](CCCCCCCCCCC)OC(=O)CCCCCCCCCCCCC. The predicted molar refractivity (Wildman–Crippen MR) is 481 cm³/mol. The Balaban J connectivity index is 3.76. The highest BCUT2D eigenvalue weighted by Crippen LogP contribution is 2.38. The number of carbonyl (C=O) groups excluding carboxylic acids is 6. The first kappa shape index (κ1) is 110. The molecule has 16 nitrogen and oxygen atoms in total. The first-order chi connectivity index (χ1) is 55.7. The molecule has 1 aliphatic rings. The lowest BCUT2D eigenvalue weighted by atomic mass is 9.96. The summed E-state index contributed by atoms with van der Waals surface area (Å²) in [5, 5.41) is 18.7. The molecule has 0 aromatic rings. The van der Waals surface area contributed by atoms with Crippen LogP contribution in [-0.2, 0) is 61.6 Å². The normalized spacial score (nSPS) is 16.6. The molecular weight excluding hydrogens is 1460 g/mol. The average molecular weight is 1650 g/mol. The molecule has 0 radical (unpaired) electrons. The van der Waals surface area contributed by atoms with Crippen molar-refractivity contribution in [2.75, 3.05) is 19.8 Å². The van der Waals surface area contributed by atoms with Crippen molar-refractivity contribution >= 4 is 44.0 Å². The van der Waals surface area contributed by atoms with Crippen molar-refractivity contribution in [3.8, 4) is 0 Å². The number of aliphatic hydroxyl groups is 1. The van der Waals surface area contributed by atoms with Crippen LogP contribution < -0.4 is 10.6 Å². The van der Waals surface area contributed by atoms with Crippen LogP contribution in [-0.4, -0.2) is 118 Å². The third kappa shape index (κ3) is 64.4. The Bertz CT molecular complexity index is 2270. The molecule has 0 aromatic carbocycles. The zero-order chi connectivity index (χ0) is 84.4. The van der Waals surface area contributed by atoms with E-state index in [1.165, 1.54) is 244 Å². The van der Waals surface area contributed by atoms with E-state index in [2.05, 4.69) is 86.0 Å². The second-order valence-electron chi connectivity index (χ2n) is 36.5. The smallest absolute Gasteiger partial charge is 0.310 e. The van der Waals surface area contributed by atoms with Gasteiger partial charge in [-0.05, 0) is 75.9 Å². The first-order valence-corrected chi connectivity index (χ1v) is 52.6. The maximum atomic E-state index is 15.1. The molecule has 115 heavy (non-hydrogen) atoms. The lowest BCUT2D eigenvalue weighted by molar-refractivity contribution is -0.272. The second-order valence-corrected chi connectivity index (χ2v) is 41.3. The van der Waals surface area contributed by atoms with E-state index in [-0.39, 0.29) is 80.7 Å². The van der Waals surface area contributed by atoms with Crippen molar-refractivity contribution in [1.82, 2.24) is 10.6 Å². The minimum atomic E-state index is -2.50. The van der Waals surface area contributed by atoms with E-state index < -0.39 is 69.1 Å². The molecule has 1 saturated heterocycles. The molecule has 0 saturated carbocycles. The van der Waals surface area contributed by atoms with Crippen molar-refractivity contribution in [1.29, 1.82) is 0 Å². The number of esters is 4. The highest BCUT2D eigenvalue weighted by atomic mass is 28.4.